The summed E-state index contributed by atoms with van der Waals surface area (Å²) in [5.41, 5.74) is 0. The third-order valence-electron chi connectivity index (χ3n) is 0.668. The van der Waals surface area contributed by atoms with E-state index in [4.69, 9.17) is 0 Å². The Morgan fingerprint density at radius 1 is 1.88 bits per heavy atom. The Balaban J connectivity index is 2.62. The van der Waals surface area contributed by atoms with Gasteiger partial charge in [0.05, 0.1) is 0 Å². The van der Waals surface area contributed by atoms with Gasteiger partial charge in [0, 0.05) is 12.4 Å². The fourth-order valence-corrected chi connectivity index (χ4v) is 0.382. The van der Waals surface area contributed by atoms with Crippen molar-refractivity contribution in [3.63, 3.8) is 0 Å². The van der Waals surface area contributed by atoms with E-state index in [2.05, 4.69) is 15.3 Å². The SMILES string of the molecule is O=[C]Nc1ncc[nH]1. The van der Waals surface area contributed by atoms with Crippen molar-refractivity contribution in [1.82, 2.24) is 9.97 Å². The molecule has 1 aromatic heterocycles. The zero-order valence-corrected chi connectivity index (χ0v) is 4.01. The first-order chi connectivity index (χ1) is 3.93. The molecule has 0 aliphatic carbocycles. The molecule has 1 rings (SSSR count). The smallest absolute Gasteiger partial charge is 0.316 e. The van der Waals surface area contributed by atoms with Crippen molar-refractivity contribution in [2.45, 2.75) is 0 Å². The molecule has 0 unspecified atom stereocenters. The lowest BCUT2D eigenvalue weighted by Gasteiger charge is -1.83. The third kappa shape index (κ3) is 0.841. The third-order valence-corrected chi connectivity index (χ3v) is 0.668. The van der Waals surface area contributed by atoms with Crippen molar-refractivity contribution in [2.24, 2.45) is 0 Å². The van der Waals surface area contributed by atoms with Gasteiger partial charge >= 0.3 is 6.41 Å². The number of H-pyrrole nitrogens is 1. The summed E-state index contributed by atoms with van der Waals surface area (Å²) in [7, 11) is 0. The number of aromatic nitrogens is 2. The average molecular weight is 110 g/mol. The summed E-state index contributed by atoms with van der Waals surface area (Å²) in [6, 6.07) is 0. The number of aromatic amines is 1. The van der Waals surface area contributed by atoms with Gasteiger partial charge in [-0.1, -0.05) is 0 Å². The van der Waals surface area contributed by atoms with Crippen LogP contribution in [0.2, 0.25) is 0 Å². The summed E-state index contributed by atoms with van der Waals surface area (Å²) in [5.74, 6) is 0.417. The van der Waals surface area contributed by atoms with Gasteiger partial charge < -0.3 is 4.98 Å². The molecule has 0 saturated carbocycles. The lowest BCUT2D eigenvalue weighted by Crippen LogP contribution is -1.94. The quantitative estimate of drug-likeness (QED) is 0.522. The fourth-order valence-electron chi connectivity index (χ4n) is 0.382. The van der Waals surface area contributed by atoms with Gasteiger partial charge in [0.15, 0.2) is 0 Å². The summed E-state index contributed by atoms with van der Waals surface area (Å²) in [4.78, 5) is 15.9. The van der Waals surface area contributed by atoms with Crippen LogP contribution in [0.1, 0.15) is 0 Å². The maximum atomic E-state index is 9.58. The van der Waals surface area contributed by atoms with Gasteiger partial charge in [0.25, 0.3) is 0 Å². The molecular formula is C4H4N3O. The van der Waals surface area contributed by atoms with Gasteiger partial charge in [-0.15, -0.1) is 0 Å². The van der Waals surface area contributed by atoms with Crippen molar-refractivity contribution in [3.8, 4) is 0 Å². The van der Waals surface area contributed by atoms with Gasteiger partial charge in [-0.3, -0.25) is 10.1 Å². The van der Waals surface area contributed by atoms with Crippen molar-refractivity contribution < 1.29 is 4.79 Å². The molecule has 0 atom stereocenters. The molecule has 4 heteroatoms. The average Bonchev–Trinajstić information content (AvgIpc) is 2.19. The van der Waals surface area contributed by atoms with Gasteiger partial charge in [0.1, 0.15) is 0 Å². The summed E-state index contributed by atoms with van der Waals surface area (Å²) >= 11 is 0. The van der Waals surface area contributed by atoms with Crippen LogP contribution in [0.25, 0.3) is 0 Å². The number of carbonyl (C=O) groups excluding carboxylic acids is 1. The van der Waals surface area contributed by atoms with E-state index in [0.29, 0.717) is 5.95 Å². The van der Waals surface area contributed by atoms with Crippen LogP contribution in [0.4, 0.5) is 5.95 Å². The van der Waals surface area contributed by atoms with Crippen LogP contribution in [0.15, 0.2) is 12.4 Å². The highest BCUT2D eigenvalue weighted by atomic mass is 16.1. The molecule has 8 heavy (non-hydrogen) atoms. The number of nitrogens with one attached hydrogen (secondary N) is 2. The molecule has 41 valence electrons. The molecule has 0 spiro atoms. The van der Waals surface area contributed by atoms with Crippen LogP contribution in [0, 0.1) is 0 Å². The van der Waals surface area contributed by atoms with Crippen molar-refractivity contribution >= 4 is 12.4 Å². The molecule has 1 heterocycles. The van der Waals surface area contributed by atoms with E-state index < -0.39 is 0 Å². The van der Waals surface area contributed by atoms with Gasteiger partial charge in [0.2, 0.25) is 5.95 Å². The van der Waals surface area contributed by atoms with Gasteiger partial charge in [-0.05, 0) is 0 Å². The molecule has 1 amide bonds. The normalized spacial score (nSPS) is 8.50. The molecule has 0 saturated heterocycles. The van der Waals surface area contributed by atoms with E-state index in [-0.39, 0.29) is 0 Å². The Morgan fingerprint density at radius 3 is 3.25 bits per heavy atom. The Kier molecular flexibility index (Phi) is 1.27. The second kappa shape index (κ2) is 2.11. The second-order valence-electron chi connectivity index (χ2n) is 1.16. The zero-order chi connectivity index (χ0) is 5.82. The number of rotatable bonds is 2. The molecular weight excluding hydrogens is 106 g/mol. The standard InChI is InChI=1S/C4H4N3O/c8-3-7-4-5-1-2-6-4/h1-2H,(H2,5,6,7,8). The summed E-state index contributed by atoms with van der Waals surface area (Å²) < 4.78 is 0. The van der Waals surface area contributed by atoms with Crippen molar-refractivity contribution in [2.75, 3.05) is 5.32 Å². The van der Waals surface area contributed by atoms with E-state index in [0.717, 1.165) is 0 Å². The lowest BCUT2D eigenvalue weighted by molar-refractivity contribution is 0.560. The monoisotopic (exact) mass is 110 g/mol. The second-order valence-corrected chi connectivity index (χ2v) is 1.16. The molecule has 2 N–H and O–H groups in total. The molecule has 0 aromatic carbocycles. The minimum absolute atomic E-state index is 0.417. The molecule has 4 nitrogen and oxygen atoms in total. The summed E-state index contributed by atoms with van der Waals surface area (Å²) in [6.45, 7) is 0. The van der Waals surface area contributed by atoms with Crippen molar-refractivity contribution in [1.29, 1.82) is 0 Å². The topological polar surface area (TPSA) is 57.8 Å². The number of imidazole rings is 1. The first-order valence-electron chi connectivity index (χ1n) is 2.06. The predicted molar refractivity (Wildman–Crippen MR) is 27.9 cm³/mol. The number of nitrogens with zero attached hydrogens (tertiary/aromatic N) is 1. The maximum absolute atomic E-state index is 9.58. The Bertz CT molecular complexity index is 158. The lowest BCUT2D eigenvalue weighted by atomic mass is 11.0. The Labute approximate surface area is 45.9 Å². The minimum Gasteiger partial charge on any atom is -0.331 e. The Morgan fingerprint density at radius 2 is 2.75 bits per heavy atom. The molecule has 0 bridgehead atoms. The maximum Gasteiger partial charge on any atom is 0.316 e. The van der Waals surface area contributed by atoms with E-state index in [1.807, 2.05) is 0 Å². The van der Waals surface area contributed by atoms with Crippen LogP contribution < -0.4 is 5.32 Å². The highest BCUT2D eigenvalue weighted by Crippen LogP contribution is 1.89. The largest absolute Gasteiger partial charge is 0.331 e. The number of anilines is 1. The summed E-state index contributed by atoms with van der Waals surface area (Å²) in [6.07, 6.45) is 4.63. The highest BCUT2D eigenvalue weighted by Gasteiger charge is 1.86. The van der Waals surface area contributed by atoms with Gasteiger partial charge in [-0.2, -0.15) is 0 Å². The number of amides is 1. The minimum atomic E-state index is 0.417. The van der Waals surface area contributed by atoms with E-state index >= 15 is 0 Å². The number of hydrogen-bond donors (Lipinski definition) is 2. The number of hydrogen-bond acceptors (Lipinski definition) is 2. The van der Waals surface area contributed by atoms with Crippen LogP contribution in [0.5, 0.6) is 0 Å². The van der Waals surface area contributed by atoms with E-state index in [9.17, 15) is 4.79 Å². The van der Waals surface area contributed by atoms with Gasteiger partial charge in [-0.25, -0.2) is 4.98 Å². The molecule has 1 aromatic rings. The molecule has 0 aliphatic rings. The zero-order valence-electron chi connectivity index (χ0n) is 4.01. The highest BCUT2D eigenvalue weighted by molar-refractivity contribution is 5.67. The predicted octanol–water partition coefficient (Wildman–Crippen LogP) is -0.111. The molecule has 0 fully saturated rings. The van der Waals surface area contributed by atoms with Crippen LogP contribution in [-0.4, -0.2) is 16.4 Å². The van der Waals surface area contributed by atoms with Crippen molar-refractivity contribution in [3.05, 3.63) is 12.4 Å². The molecule has 1 radical (unpaired) electrons. The summed E-state index contributed by atoms with van der Waals surface area (Å²) in [5, 5.41) is 2.22. The van der Waals surface area contributed by atoms with Crippen LogP contribution in [-0.2, 0) is 4.79 Å². The molecule has 0 aliphatic heterocycles. The first-order valence-corrected chi connectivity index (χ1v) is 2.06. The fraction of sp³-hybridized carbons (Fsp3) is 0. The van der Waals surface area contributed by atoms with Crippen LogP contribution in [0.3, 0.4) is 0 Å². The Hall–Kier alpha value is -1.32. The first kappa shape index (κ1) is 4.83. The van der Waals surface area contributed by atoms with E-state index in [1.54, 1.807) is 12.4 Å². The van der Waals surface area contributed by atoms with E-state index in [1.165, 1.54) is 6.41 Å². The van der Waals surface area contributed by atoms with Crippen LogP contribution >= 0.6 is 0 Å².